The molecular weight excluding hydrogens is 412 g/mol. The number of nitrogens with one attached hydrogen (secondary N) is 1. The van der Waals surface area contributed by atoms with Crippen LogP contribution in [-0.4, -0.2) is 45.5 Å². The van der Waals surface area contributed by atoms with Crippen LogP contribution in [0.1, 0.15) is 25.3 Å². The summed E-state index contributed by atoms with van der Waals surface area (Å²) in [4.78, 5) is 27.4. The molecule has 3 aromatic heterocycles. The van der Waals surface area contributed by atoms with Crippen molar-refractivity contribution in [1.82, 2.24) is 19.9 Å². The number of hydrogen-bond acceptors (Lipinski definition) is 7. The molecule has 4 heterocycles. The van der Waals surface area contributed by atoms with Crippen LogP contribution < -0.4 is 4.74 Å². The predicted octanol–water partition coefficient (Wildman–Crippen LogP) is 4.74. The molecule has 0 atom stereocenters. The number of aromatic nitrogens is 3. The minimum Gasteiger partial charge on any atom is -0.466 e. The van der Waals surface area contributed by atoms with Gasteiger partial charge in [-0.2, -0.15) is 0 Å². The lowest BCUT2D eigenvalue weighted by molar-refractivity contribution is -0.149. The van der Waals surface area contributed by atoms with E-state index in [4.69, 9.17) is 9.47 Å². The molecule has 0 bridgehead atoms. The largest absolute Gasteiger partial charge is 0.466 e. The van der Waals surface area contributed by atoms with Gasteiger partial charge in [-0.15, -0.1) is 0 Å². The number of ether oxygens (including phenoxy) is 2. The van der Waals surface area contributed by atoms with Crippen molar-refractivity contribution < 1.29 is 14.3 Å². The molecule has 7 nitrogen and oxygen atoms in total. The number of esters is 1. The molecule has 5 rings (SSSR count). The van der Waals surface area contributed by atoms with Crippen LogP contribution >= 0.6 is 11.3 Å². The molecule has 1 aliphatic rings. The standard InChI is InChI=1S/C23H24N4O3S/c1-2-29-22(28)15-7-10-27(11-8-15)14-16-13-25-20-12-17(5-6-18(16)20)30-23-26-19-4-3-9-24-21(19)31-23/h3-6,9,12-13,15,25H,2,7-8,10-11,14H2,1H3. The first kappa shape index (κ1) is 20.0. The van der Waals surface area contributed by atoms with Crippen molar-refractivity contribution in [2.45, 2.75) is 26.3 Å². The van der Waals surface area contributed by atoms with Crippen molar-refractivity contribution >= 4 is 38.6 Å². The van der Waals surface area contributed by atoms with Crippen LogP contribution in [0.25, 0.3) is 21.3 Å². The Morgan fingerprint density at radius 1 is 1.29 bits per heavy atom. The Labute approximate surface area is 184 Å². The maximum absolute atomic E-state index is 11.9. The molecule has 160 valence electrons. The molecule has 0 unspecified atom stereocenters. The topological polar surface area (TPSA) is 80.3 Å². The Bertz CT molecular complexity index is 1180. The van der Waals surface area contributed by atoms with E-state index in [2.05, 4.69) is 32.1 Å². The number of fused-ring (bicyclic) bond motifs is 2. The van der Waals surface area contributed by atoms with Gasteiger partial charge in [0.1, 0.15) is 16.1 Å². The molecule has 4 aromatic rings. The second-order valence-electron chi connectivity index (χ2n) is 7.73. The highest BCUT2D eigenvalue weighted by Gasteiger charge is 2.26. The number of benzene rings is 1. The van der Waals surface area contributed by atoms with E-state index in [0.29, 0.717) is 11.8 Å². The molecular formula is C23H24N4O3S. The van der Waals surface area contributed by atoms with Crippen LogP contribution in [0.15, 0.2) is 42.7 Å². The monoisotopic (exact) mass is 436 g/mol. The maximum atomic E-state index is 11.9. The highest BCUT2D eigenvalue weighted by molar-refractivity contribution is 7.19. The highest BCUT2D eigenvalue weighted by atomic mass is 32.1. The van der Waals surface area contributed by atoms with Gasteiger partial charge in [-0.05, 0) is 62.7 Å². The molecule has 1 fully saturated rings. The van der Waals surface area contributed by atoms with Crippen LogP contribution in [0.3, 0.4) is 0 Å². The maximum Gasteiger partial charge on any atom is 0.309 e. The van der Waals surface area contributed by atoms with Crippen molar-refractivity contribution in [3.05, 3.63) is 48.3 Å². The summed E-state index contributed by atoms with van der Waals surface area (Å²) in [6.45, 7) is 4.98. The molecule has 0 amide bonds. The molecule has 1 N–H and O–H groups in total. The summed E-state index contributed by atoms with van der Waals surface area (Å²) in [7, 11) is 0. The van der Waals surface area contributed by atoms with Crippen LogP contribution in [0, 0.1) is 5.92 Å². The number of hydrogen-bond donors (Lipinski definition) is 1. The number of aromatic amines is 1. The van der Waals surface area contributed by atoms with Crippen molar-refractivity contribution in [3.63, 3.8) is 0 Å². The van der Waals surface area contributed by atoms with Gasteiger partial charge in [0.15, 0.2) is 0 Å². The summed E-state index contributed by atoms with van der Waals surface area (Å²) >= 11 is 1.44. The Kier molecular flexibility index (Phi) is 5.57. The lowest BCUT2D eigenvalue weighted by atomic mass is 9.96. The molecule has 0 spiro atoms. The van der Waals surface area contributed by atoms with E-state index in [0.717, 1.165) is 54.1 Å². The van der Waals surface area contributed by atoms with E-state index in [1.54, 1.807) is 6.20 Å². The Morgan fingerprint density at radius 2 is 2.16 bits per heavy atom. The summed E-state index contributed by atoms with van der Waals surface area (Å²) in [5, 5.41) is 1.77. The van der Waals surface area contributed by atoms with Crippen molar-refractivity contribution in [2.75, 3.05) is 19.7 Å². The van der Waals surface area contributed by atoms with Crippen LogP contribution in [-0.2, 0) is 16.1 Å². The number of rotatable bonds is 6. The number of pyridine rings is 1. The molecule has 8 heteroatoms. The third-order valence-electron chi connectivity index (χ3n) is 5.69. The zero-order valence-electron chi connectivity index (χ0n) is 17.3. The molecule has 1 aromatic carbocycles. The van der Waals surface area contributed by atoms with E-state index in [1.165, 1.54) is 22.3 Å². The van der Waals surface area contributed by atoms with E-state index in [-0.39, 0.29) is 11.9 Å². The second kappa shape index (κ2) is 8.64. The van der Waals surface area contributed by atoms with Crippen LogP contribution in [0.4, 0.5) is 0 Å². The minimum absolute atomic E-state index is 0.0385. The molecule has 0 radical (unpaired) electrons. The smallest absolute Gasteiger partial charge is 0.309 e. The summed E-state index contributed by atoms with van der Waals surface area (Å²) in [5.74, 6) is 0.734. The minimum atomic E-state index is -0.0503. The SMILES string of the molecule is CCOC(=O)C1CCN(Cc2c[nH]c3cc(Oc4nc5cccnc5s4)ccc23)CC1. The van der Waals surface area contributed by atoms with E-state index in [1.807, 2.05) is 31.2 Å². The summed E-state index contributed by atoms with van der Waals surface area (Å²) in [5.41, 5.74) is 3.13. The predicted molar refractivity (Wildman–Crippen MR) is 120 cm³/mol. The summed E-state index contributed by atoms with van der Waals surface area (Å²) in [6, 6.07) is 9.88. The molecule has 0 saturated carbocycles. The van der Waals surface area contributed by atoms with Gasteiger partial charge in [0.05, 0.1) is 12.5 Å². The third kappa shape index (κ3) is 4.26. The van der Waals surface area contributed by atoms with Gasteiger partial charge in [-0.25, -0.2) is 9.97 Å². The fraction of sp³-hybridized carbons (Fsp3) is 0.348. The molecule has 31 heavy (non-hydrogen) atoms. The average Bonchev–Trinajstić information content (AvgIpc) is 3.37. The quantitative estimate of drug-likeness (QED) is 0.440. The first-order valence-electron chi connectivity index (χ1n) is 10.6. The highest BCUT2D eigenvalue weighted by Crippen LogP contribution is 2.32. The number of carbonyl (C=O) groups is 1. The van der Waals surface area contributed by atoms with E-state index in [9.17, 15) is 4.79 Å². The zero-order valence-corrected chi connectivity index (χ0v) is 18.2. The first-order valence-corrected chi connectivity index (χ1v) is 11.4. The number of piperidine rings is 1. The van der Waals surface area contributed by atoms with Crippen molar-refractivity contribution in [1.29, 1.82) is 0 Å². The number of H-pyrrole nitrogens is 1. The van der Waals surface area contributed by atoms with Crippen molar-refractivity contribution in [3.8, 4) is 10.9 Å². The lowest BCUT2D eigenvalue weighted by Crippen LogP contribution is -2.36. The van der Waals surface area contributed by atoms with Crippen molar-refractivity contribution in [2.24, 2.45) is 5.92 Å². The Morgan fingerprint density at radius 3 is 2.97 bits per heavy atom. The van der Waals surface area contributed by atoms with Gasteiger partial charge in [-0.3, -0.25) is 9.69 Å². The fourth-order valence-electron chi connectivity index (χ4n) is 4.08. The van der Waals surface area contributed by atoms with Gasteiger partial charge in [0.2, 0.25) is 0 Å². The lowest BCUT2D eigenvalue weighted by Gasteiger charge is -2.30. The van der Waals surface area contributed by atoms with Gasteiger partial charge in [-0.1, -0.05) is 11.3 Å². The first-order chi connectivity index (χ1) is 15.2. The van der Waals surface area contributed by atoms with Gasteiger partial charge < -0.3 is 14.5 Å². The third-order valence-corrected chi connectivity index (χ3v) is 6.55. The Balaban J connectivity index is 1.25. The molecule has 1 saturated heterocycles. The Hall–Kier alpha value is -2.97. The number of carbonyl (C=O) groups excluding carboxylic acids is 1. The van der Waals surface area contributed by atoms with Gasteiger partial charge >= 0.3 is 5.97 Å². The second-order valence-corrected chi connectivity index (χ2v) is 8.67. The van der Waals surface area contributed by atoms with Crippen LogP contribution in [0.2, 0.25) is 0 Å². The van der Waals surface area contributed by atoms with Crippen LogP contribution in [0.5, 0.6) is 10.9 Å². The zero-order chi connectivity index (χ0) is 21.2. The van der Waals surface area contributed by atoms with Gasteiger partial charge in [0, 0.05) is 35.9 Å². The molecule has 0 aliphatic carbocycles. The fourth-order valence-corrected chi connectivity index (χ4v) is 4.86. The summed E-state index contributed by atoms with van der Waals surface area (Å²) < 4.78 is 11.1. The normalized spacial score (nSPS) is 15.5. The van der Waals surface area contributed by atoms with E-state index < -0.39 is 0 Å². The summed E-state index contributed by atoms with van der Waals surface area (Å²) in [6.07, 6.45) is 5.54. The van der Waals surface area contributed by atoms with Gasteiger partial charge in [0.25, 0.3) is 5.19 Å². The number of thiazole rings is 1. The average molecular weight is 437 g/mol. The van der Waals surface area contributed by atoms with E-state index >= 15 is 0 Å². The number of nitrogens with zero attached hydrogens (tertiary/aromatic N) is 3. The molecule has 1 aliphatic heterocycles. The number of likely N-dealkylation sites (tertiary alicyclic amines) is 1.